The number of hydrogen-bond acceptors (Lipinski definition) is 6. The highest BCUT2D eigenvalue weighted by molar-refractivity contribution is 5.82. The Labute approximate surface area is 163 Å². The molecule has 0 saturated heterocycles. The van der Waals surface area contributed by atoms with Crippen LogP contribution in [-0.2, 0) is 0 Å². The molecule has 2 aromatic rings. The topological polar surface area (TPSA) is 98.5 Å². The van der Waals surface area contributed by atoms with E-state index in [0.717, 1.165) is 17.3 Å². The molecule has 7 nitrogen and oxygen atoms in total. The molecule has 2 aromatic carbocycles. The Balaban J connectivity index is 2.09. The van der Waals surface area contributed by atoms with Gasteiger partial charge >= 0.3 is 0 Å². The summed E-state index contributed by atoms with van der Waals surface area (Å²) in [6, 6.07) is 16.8. The second-order valence-electron chi connectivity index (χ2n) is 6.10. The Hall–Kier alpha value is -3.72. The van der Waals surface area contributed by atoms with Crippen LogP contribution in [0.2, 0.25) is 0 Å². The molecule has 28 heavy (non-hydrogen) atoms. The summed E-state index contributed by atoms with van der Waals surface area (Å²) in [5.41, 5.74) is 1.50. The van der Waals surface area contributed by atoms with Gasteiger partial charge in [0.25, 0.3) is 5.96 Å². The molecule has 0 aromatic heterocycles. The Morgan fingerprint density at radius 1 is 1.21 bits per heavy atom. The van der Waals surface area contributed by atoms with Gasteiger partial charge in [-0.3, -0.25) is 5.41 Å². The van der Waals surface area contributed by atoms with Crippen LogP contribution in [-0.4, -0.2) is 59.1 Å². The number of guanidine groups is 1. The molecule has 0 amide bonds. The largest absolute Gasteiger partial charge is 0.394 e. The second-order valence-corrected chi connectivity index (χ2v) is 6.10. The van der Waals surface area contributed by atoms with E-state index >= 15 is 0 Å². The molecule has 3 rings (SSSR count). The fourth-order valence-electron chi connectivity index (χ4n) is 2.76. The Morgan fingerprint density at radius 3 is 2.54 bits per heavy atom. The maximum atomic E-state index is 9.57. The van der Waals surface area contributed by atoms with E-state index in [1.54, 1.807) is 12.1 Å². The van der Waals surface area contributed by atoms with E-state index < -0.39 is 0 Å². The van der Waals surface area contributed by atoms with E-state index in [1.807, 2.05) is 58.5 Å². The van der Waals surface area contributed by atoms with Crippen molar-refractivity contribution in [3.63, 3.8) is 0 Å². The fourth-order valence-corrected chi connectivity index (χ4v) is 2.76. The number of aliphatic hydroxyl groups excluding tert-OH is 1. The highest BCUT2D eigenvalue weighted by Crippen LogP contribution is 2.03. The number of nitriles is 1. The summed E-state index contributed by atoms with van der Waals surface area (Å²) < 4.78 is 1.87. The van der Waals surface area contributed by atoms with Gasteiger partial charge < -0.3 is 10.4 Å². The molecule has 140 valence electrons. The first-order valence-electron chi connectivity index (χ1n) is 8.91. The minimum absolute atomic E-state index is 0.0338. The number of aliphatic hydroxyl groups is 1. The minimum atomic E-state index is -0.0338. The summed E-state index contributed by atoms with van der Waals surface area (Å²) >= 11 is 0. The van der Waals surface area contributed by atoms with Crippen LogP contribution >= 0.6 is 0 Å². The summed E-state index contributed by atoms with van der Waals surface area (Å²) in [5, 5.41) is 32.5. The average Bonchev–Trinajstić information content (AvgIpc) is 3.27. The summed E-state index contributed by atoms with van der Waals surface area (Å²) in [7, 11) is 0. The van der Waals surface area contributed by atoms with E-state index in [-0.39, 0.29) is 6.61 Å². The molecule has 0 saturated carbocycles. The molecule has 0 radical (unpaired) electrons. The van der Waals surface area contributed by atoms with Crippen LogP contribution in [0.4, 0.5) is 0 Å². The molecule has 0 fully saturated rings. The number of nitrogens with one attached hydrogen (secondary N) is 2. The van der Waals surface area contributed by atoms with Gasteiger partial charge in [0.05, 0.1) is 24.8 Å². The Bertz CT molecular complexity index is 1050. The molecular formula is C21H21N6O+. The molecule has 1 aliphatic rings. The fraction of sp³-hybridized carbons (Fsp3) is 0.190. The Kier molecular flexibility index (Phi) is 6.32. The van der Waals surface area contributed by atoms with Gasteiger partial charge in [-0.1, -0.05) is 4.68 Å². The summed E-state index contributed by atoms with van der Waals surface area (Å²) in [6.07, 6.45) is 3.83. The number of benzene rings is 2. The van der Waals surface area contributed by atoms with E-state index in [0.29, 0.717) is 29.8 Å². The van der Waals surface area contributed by atoms with E-state index in [2.05, 4.69) is 22.2 Å². The van der Waals surface area contributed by atoms with Crippen molar-refractivity contribution in [2.45, 2.75) is 0 Å². The van der Waals surface area contributed by atoms with E-state index in [9.17, 15) is 5.11 Å². The highest BCUT2D eigenvalue weighted by atomic mass is 16.3. The van der Waals surface area contributed by atoms with Crippen LogP contribution in [0.5, 0.6) is 0 Å². The summed E-state index contributed by atoms with van der Waals surface area (Å²) in [4.78, 5) is 4.47. The first-order valence-corrected chi connectivity index (χ1v) is 8.91. The highest BCUT2D eigenvalue weighted by Gasteiger charge is 2.23. The van der Waals surface area contributed by atoms with Gasteiger partial charge in [0.15, 0.2) is 0 Å². The zero-order chi connectivity index (χ0) is 19.8. The maximum Gasteiger partial charge on any atom is 0.252 e. The van der Waals surface area contributed by atoms with Crippen molar-refractivity contribution in [3.05, 3.63) is 70.1 Å². The van der Waals surface area contributed by atoms with Crippen molar-refractivity contribution >= 4 is 24.2 Å². The third kappa shape index (κ3) is 4.71. The number of nitrogens with zero attached hydrogens (tertiary/aromatic N) is 4. The molecule has 1 aliphatic heterocycles. The lowest BCUT2D eigenvalue weighted by Crippen LogP contribution is -2.46. The molecule has 7 heteroatoms. The number of aliphatic imine (C=N–C) groups is 1. The molecular weight excluding hydrogens is 352 g/mol. The molecule has 0 unspecified atom stereocenters. The van der Waals surface area contributed by atoms with Crippen LogP contribution < -0.4 is 15.8 Å². The standard InChI is InChI=1S/C21H21N6O/c22-13-17-1-5-19(6-2-17)15-26(16-20-7-3-18(14-23)4-8-20)27(11-12-28)21-24-9-10-25-21/h1-8,15-16,22,28H,9-12H2,(H,24,25)/q+1/b26-16-. The SMILES string of the molecule is N#Cc1ccc(/C=[N+](/C=c2ccc(=C=N)cc2)N(CCO)C2=NCCN2)cc1. The molecule has 0 bridgehead atoms. The van der Waals surface area contributed by atoms with Crippen molar-refractivity contribution in [2.24, 2.45) is 4.99 Å². The lowest BCUT2D eigenvalue weighted by molar-refractivity contribution is -0.577. The van der Waals surface area contributed by atoms with Gasteiger partial charge in [0.1, 0.15) is 6.54 Å². The maximum absolute atomic E-state index is 9.57. The van der Waals surface area contributed by atoms with Gasteiger partial charge in [-0.25, -0.2) is 4.99 Å². The molecule has 0 aliphatic carbocycles. The predicted molar refractivity (Wildman–Crippen MR) is 108 cm³/mol. The van der Waals surface area contributed by atoms with Crippen molar-refractivity contribution < 1.29 is 9.79 Å². The second kappa shape index (κ2) is 9.28. The first kappa shape index (κ1) is 19.1. The van der Waals surface area contributed by atoms with Crippen LogP contribution in [0.3, 0.4) is 0 Å². The van der Waals surface area contributed by atoms with E-state index in [4.69, 9.17) is 10.7 Å². The molecule has 3 N–H and O–H groups in total. The minimum Gasteiger partial charge on any atom is -0.394 e. The van der Waals surface area contributed by atoms with Gasteiger partial charge in [-0.05, 0) is 54.4 Å². The van der Waals surface area contributed by atoms with Crippen molar-refractivity contribution in [1.82, 2.24) is 10.3 Å². The summed E-state index contributed by atoms with van der Waals surface area (Å²) in [5.74, 6) is 3.06. The quantitative estimate of drug-likeness (QED) is 0.374. The zero-order valence-electron chi connectivity index (χ0n) is 15.3. The average molecular weight is 373 g/mol. The third-order valence-corrected chi connectivity index (χ3v) is 4.15. The first-order chi connectivity index (χ1) is 13.7. The lowest BCUT2D eigenvalue weighted by atomic mass is 10.2. The van der Waals surface area contributed by atoms with Crippen molar-refractivity contribution in [1.29, 1.82) is 10.7 Å². The smallest absolute Gasteiger partial charge is 0.252 e. The van der Waals surface area contributed by atoms with Crippen LogP contribution in [0, 0.1) is 16.7 Å². The van der Waals surface area contributed by atoms with Crippen LogP contribution in [0.15, 0.2) is 53.5 Å². The number of rotatable bonds is 5. The number of hydrazone groups is 1. The lowest BCUT2D eigenvalue weighted by Gasteiger charge is -2.17. The monoisotopic (exact) mass is 373 g/mol. The van der Waals surface area contributed by atoms with Gasteiger partial charge in [0, 0.05) is 22.5 Å². The van der Waals surface area contributed by atoms with Gasteiger partial charge in [-0.15, -0.1) is 5.01 Å². The number of hydrogen-bond donors (Lipinski definition) is 3. The predicted octanol–water partition coefficient (Wildman–Crippen LogP) is -0.484. The third-order valence-electron chi connectivity index (χ3n) is 4.15. The van der Waals surface area contributed by atoms with Gasteiger partial charge in [-0.2, -0.15) is 5.26 Å². The zero-order valence-corrected chi connectivity index (χ0v) is 15.3. The van der Waals surface area contributed by atoms with Crippen molar-refractivity contribution in [3.8, 4) is 6.07 Å². The Morgan fingerprint density at radius 2 is 1.96 bits per heavy atom. The van der Waals surface area contributed by atoms with Crippen LogP contribution in [0.25, 0.3) is 6.20 Å². The normalized spacial score (nSPS) is 13.1. The van der Waals surface area contributed by atoms with Crippen LogP contribution in [0.1, 0.15) is 11.1 Å². The molecule has 1 heterocycles. The molecule has 0 atom stereocenters. The number of hydrazine groups is 1. The van der Waals surface area contributed by atoms with Gasteiger partial charge in [0.2, 0.25) is 12.4 Å². The molecule has 0 spiro atoms. The summed E-state index contributed by atoms with van der Waals surface area (Å²) in [6.45, 7) is 1.77. The van der Waals surface area contributed by atoms with E-state index in [1.165, 1.54) is 0 Å². The van der Waals surface area contributed by atoms with Crippen molar-refractivity contribution in [2.75, 3.05) is 26.2 Å².